The first-order chi connectivity index (χ1) is 13.0. The zero-order chi connectivity index (χ0) is 19.6. The van der Waals surface area contributed by atoms with Crippen LogP contribution >= 0.6 is 0 Å². The van der Waals surface area contributed by atoms with Crippen LogP contribution in [0.4, 0.5) is 5.69 Å². The van der Waals surface area contributed by atoms with Crippen molar-refractivity contribution >= 4 is 23.3 Å². The number of anilines is 1. The van der Waals surface area contributed by atoms with Crippen LogP contribution in [0.1, 0.15) is 19.7 Å². The molecule has 0 aliphatic carbocycles. The highest BCUT2D eigenvalue weighted by Gasteiger charge is 2.31. The van der Waals surface area contributed by atoms with Crippen LogP contribution in [0.2, 0.25) is 0 Å². The van der Waals surface area contributed by atoms with Crippen molar-refractivity contribution in [2.75, 3.05) is 19.0 Å². The number of esters is 1. The van der Waals surface area contributed by atoms with Gasteiger partial charge in [-0.3, -0.25) is 9.48 Å². The molecule has 2 heterocycles. The van der Waals surface area contributed by atoms with E-state index in [1.54, 1.807) is 25.1 Å². The van der Waals surface area contributed by atoms with E-state index >= 15 is 0 Å². The lowest BCUT2D eigenvalue weighted by molar-refractivity contribution is -0.138. The molecular weight excluding hydrogens is 350 g/mol. The first-order valence-electron chi connectivity index (χ1n) is 8.17. The summed E-state index contributed by atoms with van der Waals surface area (Å²) in [7, 11) is 1.51. The van der Waals surface area contributed by atoms with Crippen molar-refractivity contribution in [1.29, 1.82) is 0 Å². The Balaban J connectivity index is 1.99. The maximum Gasteiger partial charge on any atom is 0.325 e. The fourth-order valence-corrected chi connectivity index (χ4v) is 2.74. The summed E-state index contributed by atoms with van der Waals surface area (Å²) in [5.74, 6) is 0.438. The van der Waals surface area contributed by atoms with Crippen LogP contribution in [0.3, 0.4) is 0 Å². The molecule has 0 unspecified atom stereocenters. The maximum atomic E-state index is 12.0. The standard InChI is InChI=1S/C18H17N5O4/c1-5-27-18(25)12-9-23-17(15(12)19-3)21-16(22-23)11-6-7-14(26-4)13(8-11)20-10(2)24/h6-8H,5,9H2,1-2,4H3,(H,20,24). The molecule has 0 saturated heterocycles. The van der Waals surface area contributed by atoms with Crippen molar-refractivity contribution < 1.29 is 19.1 Å². The number of carbonyl (C=O) groups is 2. The van der Waals surface area contributed by atoms with Gasteiger partial charge in [0.15, 0.2) is 11.6 Å². The van der Waals surface area contributed by atoms with Gasteiger partial charge in [-0.25, -0.2) is 14.6 Å². The molecule has 0 bridgehead atoms. The van der Waals surface area contributed by atoms with E-state index < -0.39 is 5.97 Å². The summed E-state index contributed by atoms with van der Waals surface area (Å²) < 4.78 is 11.7. The molecule has 1 aliphatic rings. The zero-order valence-electron chi connectivity index (χ0n) is 15.1. The molecule has 0 radical (unpaired) electrons. The number of carbonyl (C=O) groups excluding carboxylic acids is 2. The number of amides is 1. The van der Waals surface area contributed by atoms with Crippen molar-refractivity contribution in [2.45, 2.75) is 20.4 Å². The van der Waals surface area contributed by atoms with Gasteiger partial charge >= 0.3 is 5.97 Å². The Labute approximate surface area is 155 Å². The average Bonchev–Trinajstić information content (AvgIpc) is 3.19. The molecule has 1 aromatic carbocycles. The second-order valence-corrected chi connectivity index (χ2v) is 5.67. The predicted octanol–water partition coefficient (Wildman–Crippen LogP) is 2.12. The van der Waals surface area contributed by atoms with E-state index in [0.29, 0.717) is 28.6 Å². The van der Waals surface area contributed by atoms with Crippen LogP contribution in [0, 0.1) is 6.57 Å². The van der Waals surface area contributed by atoms with Crippen molar-refractivity contribution in [3.05, 3.63) is 41.0 Å². The third-order valence-electron chi connectivity index (χ3n) is 3.88. The third kappa shape index (κ3) is 3.37. The number of nitrogens with zero attached hydrogens (tertiary/aromatic N) is 4. The number of ether oxygens (including phenoxy) is 2. The normalized spacial score (nSPS) is 12.4. The minimum atomic E-state index is -0.533. The summed E-state index contributed by atoms with van der Waals surface area (Å²) >= 11 is 0. The Morgan fingerprint density at radius 3 is 2.81 bits per heavy atom. The van der Waals surface area contributed by atoms with E-state index in [9.17, 15) is 9.59 Å². The molecule has 0 spiro atoms. The number of rotatable bonds is 5. The van der Waals surface area contributed by atoms with Crippen LogP contribution < -0.4 is 10.1 Å². The van der Waals surface area contributed by atoms with Gasteiger partial charge in [0.05, 0.1) is 38.1 Å². The van der Waals surface area contributed by atoms with E-state index in [4.69, 9.17) is 16.0 Å². The molecule has 0 atom stereocenters. The summed E-state index contributed by atoms with van der Waals surface area (Å²) in [4.78, 5) is 31.2. The molecule has 2 aromatic rings. The highest BCUT2D eigenvalue weighted by Crippen LogP contribution is 2.33. The van der Waals surface area contributed by atoms with Gasteiger partial charge in [-0.2, -0.15) is 5.10 Å². The summed E-state index contributed by atoms with van der Waals surface area (Å²) in [6, 6.07) is 5.14. The summed E-state index contributed by atoms with van der Waals surface area (Å²) in [6.45, 7) is 10.8. The van der Waals surface area contributed by atoms with Crippen molar-refractivity contribution in [3.63, 3.8) is 0 Å². The molecule has 1 amide bonds. The first-order valence-corrected chi connectivity index (χ1v) is 8.17. The predicted molar refractivity (Wildman–Crippen MR) is 96.5 cm³/mol. The lowest BCUT2D eigenvalue weighted by atomic mass is 10.1. The molecule has 9 heteroatoms. The number of fused-ring (bicyclic) bond motifs is 1. The molecule has 1 aromatic heterocycles. The van der Waals surface area contributed by atoms with E-state index in [1.807, 2.05) is 0 Å². The van der Waals surface area contributed by atoms with E-state index in [-0.39, 0.29) is 30.3 Å². The molecule has 27 heavy (non-hydrogen) atoms. The Morgan fingerprint density at radius 2 is 2.19 bits per heavy atom. The van der Waals surface area contributed by atoms with Crippen LogP contribution in [0.15, 0.2) is 23.8 Å². The fourth-order valence-electron chi connectivity index (χ4n) is 2.74. The summed E-state index contributed by atoms with van der Waals surface area (Å²) in [5, 5.41) is 7.08. The van der Waals surface area contributed by atoms with Crippen LogP contribution in [-0.2, 0) is 20.9 Å². The molecule has 138 valence electrons. The number of benzene rings is 1. The van der Waals surface area contributed by atoms with E-state index in [1.165, 1.54) is 18.7 Å². The van der Waals surface area contributed by atoms with Crippen LogP contribution in [0.5, 0.6) is 5.75 Å². The van der Waals surface area contributed by atoms with Gasteiger partial charge in [-0.15, -0.1) is 0 Å². The highest BCUT2D eigenvalue weighted by atomic mass is 16.5. The molecule has 9 nitrogen and oxygen atoms in total. The molecular formula is C18H17N5O4. The van der Waals surface area contributed by atoms with Gasteiger partial charge in [0, 0.05) is 12.5 Å². The second-order valence-electron chi connectivity index (χ2n) is 5.67. The monoisotopic (exact) mass is 367 g/mol. The molecule has 0 saturated carbocycles. The number of aromatic nitrogens is 3. The largest absolute Gasteiger partial charge is 0.495 e. The van der Waals surface area contributed by atoms with Crippen molar-refractivity contribution in [1.82, 2.24) is 14.8 Å². The molecule has 1 aliphatic heterocycles. The Hall–Kier alpha value is -3.67. The first kappa shape index (κ1) is 18.1. The number of nitrogens with one attached hydrogen (secondary N) is 1. The lowest BCUT2D eigenvalue weighted by Gasteiger charge is -2.10. The highest BCUT2D eigenvalue weighted by molar-refractivity contribution is 5.99. The zero-order valence-corrected chi connectivity index (χ0v) is 15.1. The van der Waals surface area contributed by atoms with Gasteiger partial charge in [0.25, 0.3) is 0 Å². The number of hydrogen-bond donors (Lipinski definition) is 1. The van der Waals surface area contributed by atoms with Gasteiger partial charge in [-0.05, 0) is 25.1 Å². The van der Waals surface area contributed by atoms with Crippen molar-refractivity contribution in [3.8, 4) is 17.1 Å². The smallest absolute Gasteiger partial charge is 0.325 e. The van der Waals surface area contributed by atoms with E-state index in [2.05, 4.69) is 20.2 Å². The Morgan fingerprint density at radius 1 is 1.41 bits per heavy atom. The quantitative estimate of drug-likeness (QED) is 0.642. The minimum Gasteiger partial charge on any atom is -0.495 e. The molecule has 0 fully saturated rings. The van der Waals surface area contributed by atoms with Gasteiger partial charge in [0.1, 0.15) is 5.75 Å². The summed E-state index contributed by atoms with van der Waals surface area (Å²) in [5.41, 5.74) is 1.53. The minimum absolute atomic E-state index is 0.133. The SMILES string of the molecule is [C-]#[N+]C1=C(C(=O)OCC)Cn2nc(-c3ccc(OC)c(NC(C)=O)c3)nc21. The Bertz CT molecular complexity index is 1000. The topological polar surface area (TPSA) is 99.7 Å². The van der Waals surface area contributed by atoms with Crippen LogP contribution in [0.25, 0.3) is 21.9 Å². The van der Waals surface area contributed by atoms with Gasteiger partial charge in [-0.1, -0.05) is 0 Å². The van der Waals surface area contributed by atoms with E-state index in [0.717, 1.165) is 0 Å². The fraction of sp³-hybridized carbons (Fsp3) is 0.278. The second kappa shape index (κ2) is 7.29. The van der Waals surface area contributed by atoms with Crippen LogP contribution in [-0.4, -0.2) is 40.4 Å². The summed E-state index contributed by atoms with van der Waals surface area (Å²) in [6.07, 6.45) is 0. The average molecular weight is 367 g/mol. The number of hydrogen-bond acceptors (Lipinski definition) is 6. The van der Waals surface area contributed by atoms with Gasteiger partial charge in [0.2, 0.25) is 11.6 Å². The van der Waals surface area contributed by atoms with Gasteiger partial charge < -0.3 is 14.8 Å². The number of methoxy groups -OCH3 is 1. The molecule has 3 rings (SSSR count). The Kier molecular flexibility index (Phi) is 4.90. The lowest BCUT2D eigenvalue weighted by Crippen LogP contribution is -2.10. The van der Waals surface area contributed by atoms with Crippen molar-refractivity contribution in [2.24, 2.45) is 0 Å². The maximum absolute atomic E-state index is 12.0. The third-order valence-corrected chi connectivity index (χ3v) is 3.88. The molecule has 1 N–H and O–H groups in total.